The lowest BCUT2D eigenvalue weighted by molar-refractivity contribution is 0.320. The number of pyridine rings is 1. The maximum Gasteiger partial charge on any atom is 0.197 e. The van der Waals surface area contributed by atoms with Crippen LogP contribution in [-0.4, -0.2) is 11.6 Å². The van der Waals surface area contributed by atoms with E-state index in [4.69, 9.17) is 27.9 Å². The second-order valence-electron chi connectivity index (χ2n) is 5.18. The molecular weight excluding hydrogens is 333 g/mol. The Bertz CT molecular complexity index is 919. The Morgan fingerprint density at radius 3 is 2.70 bits per heavy atom. The Kier molecular flexibility index (Phi) is 4.60. The molecule has 1 N–H and O–H groups in total. The van der Waals surface area contributed by atoms with Gasteiger partial charge < -0.3 is 9.72 Å². The van der Waals surface area contributed by atoms with Crippen molar-refractivity contribution in [2.24, 2.45) is 0 Å². The highest BCUT2D eigenvalue weighted by atomic mass is 35.5. The van der Waals surface area contributed by atoms with Crippen LogP contribution in [0.4, 0.5) is 0 Å². The minimum Gasteiger partial charge on any atom is -0.491 e. The van der Waals surface area contributed by atoms with Gasteiger partial charge in [0, 0.05) is 27.7 Å². The summed E-state index contributed by atoms with van der Waals surface area (Å²) in [6, 6.07) is 10.5. The predicted molar refractivity (Wildman–Crippen MR) is 95.8 cm³/mol. The first kappa shape index (κ1) is 15.9. The van der Waals surface area contributed by atoms with Gasteiger partial charge in [-0.3, -0.25) is 4.79 Å². The summed E-state index contributed by atoms with van der Waals surface area (Å²) >= 11 is 12.1. The zero-order chi connectivity index (χ0) is 16.4. The standard InChI is InChI=1S/C18H15Cl2NO2/c1-2-8-23-16-5-3-4-13-17(16)21-10-14(18(13)22)12-7-6-11(19)9-15(12)20/h3-7,9-10H,2,8H2,1H3,(H,21,22). The van der Waals surface area contributed by atoms with Gasteiger partial charge in [-0.25, -0.2) is 0 Å². The Morgan fingerprint density at radius 2 is 1.96 bits per heavy atom. The number of hydrogen-bond acceptors (Lipinski definition) is 2. The molecule has 23 heavy (non-hydrogen) atoms. The smallest absolute Gasteiger partial charge is 0.197 e. The maximum absolute atomic E-state index is 12.8. The highest BCUT2D eigenvalue weighted by molar-refractivity contribution is 6.36. The van der Waals surface area contributed by atoms with E-state index in [0.717, 1.165) is 6.42 Å². The van der Waals surface area contributed by atoms with Crippen LogP contribution >= 0.6 is 23.2 Å². The Balaban J connectivity index is 2.18. The number of nitrogens with one attached hydrogen (secondary N) is 1. The number of ether oxygens (including phenoxy) is 1. The SMILES string of the molecule is CCCOc1cccc2c(=O)c(-c3ccc(Cl)cc3Cl)c[nH]c12. The van der Waals surface area contributed by atoms with Gasteiger partial charge in [0.1, 0.15) is 5.75 Å². The number of H-pyrrole nitrogens is 1. The zero-order valence-corrected chi connectivity index (χ0v) is 14.0. The first-order chi connectivity index (χ1) is 11.1. The summed E-state index contributed by atoms with van der Waals surface area (Å²) in [5.41, 5.74) is 1.76. The maximum atomic E-state index is 12.8. The van der Waals surface area contributed by atoms with Gasteiger partial charge in [-0.05, 0) is 30.7 Å². The average molecular weight is 348 g/mol. The highest BCUT2D eigenvalue weighted by Crippen LogP contribution is 2.30. The first-order valence-corrected chi connectivity index (χ1v) is 8.10. The second-order valence-corrected chi connectivity index (χ2v) is 6.03. The van der Waals surface area contributed by atoms with Gasteiger partial charge >= 0.3 is 0 Å². The summed E-state index contributed by atoms with van der Waals surface area (Å²) in [5, 5.41) is 1.55. The van der Waals surface area contributed by atoms with Crippen molar-refractivity contribution in [3.8, 4) is 16.9 Å². The van der Waals surface area contributed by atoms with Crippen LogP contribution in [0.2, 0.25) is 10.0 Å². The van der Waals surface area contributed by atoms with Gasteiger partial charge in [0.25, 0.3) is 0 Å². The molecule has 0 amide bonds. The van der Waals surface area contributed by atoms with E-state index in [9.17, 15) is 4.79 Å². The summed E-state index contributed by atoms with van der Waals surface area (Å²) in [4.78, 5) is 16.0. The van der Waals surface area contributed by atoms with E-state index in [-0.39, 0.29) is 5.43 Å². The molecule has 118 valence electrons. The van der Waals surface area contributed by atoms with Crippen LogP contribution in [0.25, 0.3) is 22.0 Å². The number of hydrogen-bond donors (Lipinski definition) is 1. The van der Waals surface area contributed by atoms with Gasteiger partial charge in [0.15, 0.2) is 5.43 Å². The lowest BCUT2D eigenvalue weighted by Crippen LogP contribution is -2.08. The van der Waals surface area contributed by atoms with Crippen molar-refractivity contribution < 1.29 is 4.74 Å². The lowest BCUT2D eigenvalue weighted by Gasteiger charge is -2.10. The second kappa shape index (κ2) is 6.65. The molecule has 0 atom stereocenters. The molecule has 0 spiro atoms. The van der Waals surface area contributed by atoms with E-state index in [1.165, 1.54) is 0 Å². The highest BCUT2D eigenvalue weighted by Gasteiger charge is 2.13. The summed E-state index contributed by atoms with van der Waals surface area (Å²) in [7, 11) is 0. The van der Waals surface area contributed by atoms with Gasteiger partial charge in [0.2, 0.25) is 0 Å². The molecule has 0 saturated carbocycles. The quantitative estimate of drug-likeness (QED) is 0.696. The molecule has 3 aromatic rings. The van der Waals surface area contributed by atoms with Crippen LogP contribution < -0.4 is 10.2 Å². The van der Waals surface area contributed by atoms with Crippen molar-refractivity contribution in [2.75, 3.05) is 6.61 Å². The Morgan fingerprint density at radius 1 is 1.13 bits per heavy atom. The molecule has 3 rings (SSSR count). The van der Waals surface area contributed by atoms with Crippen molar-refractivity contribution in [3.05, 3.63) is 62.9 Å². The number of benzene rings is 2. The Labute approximate surface area is 143 Å². The average Bonchev–Trinajstić information content (AvgIpc) is 2.54. The zero-order valence-electron chi connectivity index (χ0n) is 12.5. The molecule has 0 bridgehead atoms. The van der Waals surface area contributed by atoms with E-state index in [0.29, 0.717) is 44.4 Å². The summed E-state index contributed by atoms with van der Waals surface area (Å²) in [6.45, 7) is 2.64. The molecule has 0 radical (unpaired) electrons. The third-order valence-corrected chi connectivity index (χ3v) is 4.11. The van der Waals surface area contributed by atoms with Gasteiger partial charge in [-0.15, -0.1) is 0 Å². The van der Waals surface area contributed by atoms with Crippen LogP contribution in [0.3, 0.4) is 0 Å². The molecule has 0 unspecified atom stereocenters. The van der Waals surface area contributed by atoms with Crippen LogP contribution in [0.15, 0.2) is 47.4 Å². The van der Waals surface area contributed by atoms with E-state index in [2.05, 4.69) is 4.98 Å². The lowest BCUT2D eigenvalue weighted by atomic mass is 10.0. The van der Waals surface area contributed by atoms with Crippen molar-refractivity contribution in [1.29, 1.82) is 0 Å². The molecule has 0 aliphatic rings. The molecule has 0 aliphatic carbocycles. The third-order valence-electron chi connectivity index (χ3n) is 3.56. The number of rotatable bonds is 4. The van der Waals surface area contributed by atoms with E-state index < -0.39 is 0 Å². The first-order valence-electron chi connectivity index (χ1n) is 7.34. The van der Waals surface area contributed by atoms with Gasteiger partial charge in [-0.2, -0.15) is 0 Å². The van der Waals surface area contributed by atoms with E-state index in [1.54, 1.807) is 30.5 Å². The van der Waals surface area contributed by atoms with Crippen LogP contribution in [0.5, 0.6) is 5.75 Å². The third kappa shape index (κ3) is 3.07. The van der Waals surface area contributed by atoms with Crippen molar-refractivity contribution in [2.45, 2.75) is 13.3 Å². The van der Waals surface area contributed by atoms with E-state index in [1.807, 2.05) is 19.1 Å². The van der Waals surface area contributed by atoms with Crippen molar-refractivity contribution in [1.82, 2.24) is 4.98 Å². The van der Waals surface area contributed by atoms with Gasteiger partial charge in [-0.1, -0.05) is 42.3 Å². The number of aromatic amines is 1. The summed E-state index contributed by atoms with van der Waals surface area (Å²) < 4.78 is 5.69. The molecule has 0 aliphatic heterocycles. The van der Waals surface area contributed by atoms with Crippen LogP contribution in [0.1, 0.15) is 13.3 Å². The number of halogens is 2. The summed E-state index contributed by atoms with van der Waals surface area (Å²) in [5.74, 6) is 0.676. The van der Waals surface area contributed by atoms with Crippen molar-refractivity contribution in [3.63, 3.8) is 0 Å². The fraction of sp³-hybridized carbons (Fsp3) is 0.167. The monoisotopic (exact) mass is 347 g/mol. The van der Waals surface area contributed by atoms with Gasteiger partial charge in [0.05, 0.1) is 17.1 Å². The molecule has 1 heterocycles. The van der Waals surface area contributed by atoms with Crippen LogP contribution in [-0.2, 0) is 0 Å². The number of aromatic nitrogens is 1. The van der Waals surface area contributed by atoms with E-state index >= 15 is 0 Å². The fourth-order valence-electron chi connectivity index (χ4n) is 2.46. The predicted octanol–water partition coefficient (Wildman–Crippen LogP) is 5.29. The molecule has 2 aromatic carbocycles. The molecule has 1 aromatic heterocycles. The minimum atomic E-state index is -0.0927. The Hall–Kier alpha value is -1.97. The minimum absolute atomic E-state index is 0.0927. The fourth-order valence-corrected chi connectivity index (χ4v) is 2.97. The normalized spacial score (nSPS) is 10.9. The molecule has 0 saturated heterocycles. The molecule has 3 nitrogen and oxygen atoms in total. The number of para-hydroxylation sites is 1. The summed E-state index contributed by atoms with van der Waals surface area (Å²) in [6.07, 6.45) is 2.57. The molecule has 0 fully saturated rings. The topological polar surface area (TPSA) is 42.1 Å². The molecular formula is C18H15Cl2NO2. The number of fused-ring (bicyclic) bond motifs is 1. The van der Waals surface area contributed by atoms with Crippen LogP contribution in [0, 0.1) is 0 Å². The largest absolute Gasteiger partial charge is 0.491 e. The molecule has 5 heteroatoms. The van der Waals surface area contributed by atoms with Crippen molar-refractivity contribution >= 4 is 34.1 Å².